The average molecular weight is 568 g/mol. The Labute approximate surface area is 242 Å². The lowest BCUT2D eigenvalue weighted by molar-refractivity contribution is -0.0721. The van der Waals surface area contributed by atoms with Crippen molar-refractivity contribution < 1.29 is 24.1 Å². The molecule has 7 heteroatoms. The maximum atomic E-state index is 12.5. The van der Waals surface area contributed by atoms with Gasteiger partial charge in [0.15, 0.2) is 0 Å². The Morgan fingerprint density at radius 1 is 1.15 bits per heavy atom. The normalized spacial score (nSPS) is 30.4. The molecule has 2 aromatic rings. The molecule has 6 nitrogen and oxygen atoms in total. The molecule has 0 amide bonds. The van der Waals surface area contributed by atoms with Crippen molar-refractivity contribution >= 4 is 23.3 Å². The number of esters is 1. The van der Waals surface area contributed by atoms with E-state index in [9.17, 15) is 9.90 Å². The van der Waals surface area contributed by atoms with Gasteiger partial charge in [0, 0.05) is 30.6 Å². The number of methoxy groups -OCH3 is 2. The SMILES string of the molecule is COC(=O)c1ccc2c(c1)N(C[C@@H]1CC[C@H]1[C@H](OC)[C@H]1CCC[C@H](O)C1)C[C@@]1(CCCc3cc(Cl)ccc31)CO2. The van der Waals surface area contributed by atoms with Gasteiger partial charge >= 0.3 is 5.97 Å². The van der Waals surface area contributed by atoms with Gasteiger partial charge in [-0.05, 0) is 111 Å². The van der Waals surface area contributed by atoms with Crippen molar-refractivity contribution in [3.63, 3.8) is 0 Å². The lowest BCUT2D eigenvalue weighted by Gasteiger charge is -2.48. The van der Waals surface area contributed by atoms with Gasteiger partial charge < -0.3 is 24.2 Å². The second-order valence-electron chi connectivity index (χ2n) is 12.6. The number of ether oxygens (including phenoxy) is 3. The number of carbonyl (C=O) groups is 1. The first kappa shape index (κ1) is 27.9. The molecule has 6 atom stereocenters. The second-order valence-corrected chi connectivity index (χ2v) is 13.0. The Balaban J connectivity index is 1.33. The number of benzene rings is 2. The van der Waals surface area contributed by atoms with Crippen molar-refractivity contribution in [3.8, 4) is 5.75 Å². The second kappa shape index (κ2) is 11.5. The van der Waals surface area contributed by atoms with Gasteiger partial charge in [0.25, 0.3) is 0 Å². The fraction of sp³-hybridized carbons (Fsp3) is 0.606. The predicted octanol–water partition coefficient (Wildman–Crippen LogP) is 6.19. The third-order valence-electron chi connectivity index (χ3n) is 10.2. The minimum Gasteiger partial charge on any atom is -0.490 e. The summed E-state index contributed by atoms with van der Waals surface area (Å²) in [6.45, 7) is 2.30. The topological polar surface area (TPSA) is 68.2 Å². The van der Waals surface area contributed by atoms with Crippen LogP contribution in [0, 0.1) is 17.8 Å². The van der Waals surface area contributed by atoms with Crippen molar-refractivity contribution in [1.29, 1.82) is 0 Å². The monoisotopic (exact) mass is 567 g/mol. The first-order chi connectivity index (χ1) is 19.4. The van der Waals surface area contributed by atoms with Crippen LogP contribution in [0.1, 0.15) is 72.9 Å². The molecule has 40 heavy (non-hydrogen) atoms. The molecule has 1 spiro atoms. The average Bonchev–Trinajstić information content (AvgIpc) is 3.10. The molecule has 2 aromatic carbocycles. The van der Waals surface area contributed by atoms with Gasteiger partial charge in [-0.15, -0.1) is 0 Å². The van der Waals surface area contributed by atoms with E-state index in [1.807, 2.05) is 25.3 Å². The maximum Gasteiger partial charge on any atom is 0.337 e. The van der Waals surface area contributed by atoms with Crippen LogP contribution in [0.15, 0.2) is 36.4 Å². The summed E-state index contributed by atoms with van der Waals surface area (Å²) < 4.78 is 17.8. The van der Waals surface area contributed by atoms with E-state index >= 15 is 0 Å². The molecule has 3 aliphatic carbocycles. The fourth-order valence-corrected chi connectivity index (χ4v) is 8.31. The molecular formula is C33H42ClNO5. The first-order valence-corrected chi connectivity index (χ1v) is 15.4. The van der Waals surface area contributed by atoms with Crippen LogP contribution >= 0.6 is 11.6 Å². The maximum absolute atomic E-state index is 12.5. The highest BCUT2D eigenvalue weighted by atomic mass is 35.5. The van der Waals surface area contributed by atoms with Crippen LogP contribution in [0.25, 0.3) is 0 Å². The van der Waals surface area contributed by atoms with E-state index in [2.05, 4.69) is 17.0 Å². The molecule has 2 saturated carbocycles. The summed E-state index contributed by atoms with van der Waals surface area (Å²) in [7, 11) is 3.27. The molecule has 1 N–H and O–H groups in total. The lowest BCUT2D eigenvalue weighted by atomic mass is 9.65. The predicted molar refractivity (Wildman–Crippen MR) is 157 cm³/mol. The highest BCUT2D eigenvalue weighted by Gasteiger charge is 2.46. The lowest BCUT2D eigenvalue weighted by Crippen LogP contribution is -2.51. The van der Waals surface area contributed by atoms with E-state index in [0.717, 1.165) is 87.3 Å². The highest BCUT2D eigenvalue weighted by molar-refractivity contribution is 6.30. The minimum atomic E-state index is -0.337. The van der Waals surface area contributed by atoms with Gasteiger partial charge in [0.1, 0.15) is 5.75 Å². The molecule has 0 saturated heterocycles. The van der Waals surface area contributed by atoms with E-state index in [4.69, 9.17) is 25.8 Å². The minimum absolute atomic E-state index is 0.157. The molecule has 0 bridgehead atoms. The standard InChI is InChI=1S/C33H42ClNO5/c1-38-31(22-5-3-7-26(36)16-22)27-11-8-24(27)18-35-19-33(14-4-6-21-15-25(34)10-12-28(21)33)20-40-30-13-9-23(17-29(30)35)32(37)39-2/h9-10,12-13,15,17,22,24,26-27,31,36H,3-8,11,14,16,18-20H2,1-2H3/t22-,24-,26-,27+,31+,33-/m0/s1. The zero-order valence-corrected chi connectivity index (χ0v) is 24.5. The van der Waals surface area contributed by atoms with Crippen molar-refractivity contribution in [3.05, 3.63) is 58.1 Å². The molecule has 0 radical (unpaired) electrons. The summed E-state index contributed by atoms with van der Waals surface area (Å²) in [5.41, 5.74) is 4.01. The van der Waals surface area contributed by atoms with Gasteiger partial charge in [-0.2, -0.15) is 0 Å². The van der Waals surface area contributed by atoms with E-state index in [-0.39, 0.29) is 23.6 Å². The number of aryl methyl sites for hydroxylation is 1. The number of hydrogen-bond donors (Lipinski definition) is 1. The number of nitrogens with zero attached hydrogens (tertiary/aromatic N) is 1. The Hall–Kier alpha value is -2.28. The Morgan fingerprint density at radius 3 is 2.77 bits per heavy atom. The summed E-state index contributed by atoms with van der Waals surface area (Å²) in [4.78, 5) is 15.0. The summed E-state index contributed by atoms with van der Waals surface area (Å²) in [6.07, 6.45) is 9.39. The first-order valence-electron chi connectivity index (χ1n) is 15.0. The molecule has 216 valence electrons. The van der Waals surface area contributed by atoms with Gasteiger partial charge in [0.05, 0.1) is 37.2 Å². The van der Waals surface area contributed by atoms with Gasteiger partial charge in [-0.1, -0.05) is 24.1 Å². The summed E-state index contributed by atoms with van der Waals surface area (Å²) in [5, 5.41) is 11.2. The van der Waals surface area contributed by atoms with Crippen LogP contribution in [-0.2, 0) is 21.3 Å². The Morgan fingerprint density at radius 2 is 2.02 bits per heavy atom. The van der Waals surface area contributed by atoms with E-state index in [0.29, 0.717) is 29.9 Å². The molecule has 2 fully saturated rings. The van der Waals surface area contributed by atoms with Gasteiger partial charge in [0.2, 0.25) is 0 Å². The largest absolute Gasteiger partial charge is 0.490 e. The van der Waals surface area contributed by atoms with Crippen LogP contribution in [-0.4, -0.2) is 57.2 Å². The number of rotatable bonds is 6. The van der Waals surface area contributed by atoms with Gasteiger partial charge in [-0.25, -0.2) is 4.79 Å². The summed E-state index contributed by atoms with van der Waals surface area (Å²) >= 11 is 6.41. The summed E-state index contributed by atoms with van der Waals surface area (Å²) in [5.74, 6) is 1.83. The fourth-order valence-electron chi connectivity index (χ4n) is 8.11. The Kier molecular flexibility index (Phi) is 8.04. The number of halogens is 1. The van der Waals surface area contributed by atoms with Crippen LogP contribution in [0.3, 0.4) is 0 Å². The zero-order valence-electron chi connectivity index (χ0n) is 23.7. The highest BCUT2D eigenvalue weighted by Crippen LogP contribution is 2.48. The molecule has 4 aliphatic rings. The van der Waals surface area contributed by atoms with E-state index in [1.165, 1.54) is 18.2 Å². The molecule has 0 aromatic heterocycles. The number of carbonyl (C=O) groups excluding carboxylic acids is 1. The number of aliphatic hydroxyl groups is 1. The number of hydrogen-bond acceptors (Lipinski definition) is 6. The zero-order chi connectivity index (χ0) is 27.9. The van der Waals surface area contributed by atoms with E-state index in [1.54, 1.807) is 6.07 Å². The van der Waals surface area contributed by atoms with Crippen LogP contribution in [0.4, 0.5) is 5.69 Å². The van der Waals surface area contributed by atoms with Gasteiger partial charge in [-0.3, -0.25) is 0 Å². The third-order valence-corrected chi connectivity index (χ3v) is 10.5. The number of fused-ring (bicyclic) bond motifs is 3. The summed E-state index contributed by atoms with van der Waals surface area (Å²) in [6, 6.07) is 12.0. The van der Waals surface area contributed by atoms with Crippen LogP contribution < -0.4 is 9.64 Å². The van der Waals surface area contributed by atoms with E-state index < -0.39 is 0 Å². The smallest absolute Gasteiger partial charge is 0.337 e. The Bertz CT molecular complexity index is 1240. The number of aliphatic hydroxyl groups excluding tert-OH is 1. The molecule has 1 heterocycles. The quantitative estimate of drug-likeness (QED) is 0.420. The van der Waals surface area contributed by atoms with Crippen molar-refractivity contribution in [2.45, 2.75) is 75.4 Å². The number of anilines is 1. The van der Waals surface area contributed by atoms with Crippen molar-refractivity contribution in [2.24, 2.45) is 17.8 Å². The molecule has 0 unspecified atom stereocenters. The molecular weight excluding hydrogens is 526 g/mol. The third kappa shape index (κ3) is 5.23. The molecule has 6 rings (SSSR count). The van der Waals surface area contributed by atoms with Crippen molar-refractivity contribution in [1.82, 2.24) is 0 Å². The van der Waals surface area contributed by atoms with Crippen LogP contribution in [0.5, 0.6) is 5.75 Å². The van der Waals surface area contributed by atoms with Crippen LogP contribution in [0.2, 0.25) is 5.02 Å². The van der Waals surface area contributed by atoms with Crippen molar-refractivity contribution in [2.75, 3.05) is 38.8 Å². The molecule has 1 aliphatic heterocycles.